The van der Waals surface area contributed by atoms with Crippen LogP contribution in [-0.2, 0) is 4.79 Å². The quantitative estimate of drug-likeness (QED) is 0.738. The Kier molecular flexibility index (Phi) is 4.20. The van der Waals surface area contributed by atoms with Crippen LogP contribution < -0.4 is 4.74 Å². The van der Waals surface area contributed by atoms with Gasteiger partial charge in [0.05, 0.1) is 5.56 Å². The van der Waals surface area contributed by atoms with Crippen molar-refractivity contribution in [3.63, 3.8) is 0 Å². The van der Waals surface area contributed by atoms with Gasteiger partial charge in [0.15, 0.2) is 12.4 Å². The van der Waals surface area contributed by atoms with E-state index in [4.69, 9.17) is 4.74 Å². The van der Waals surface area contributed by atoms with E-state index >= 15 is 0 Å². The fourth-order valence-corrected chi connectivity index (χ4v) is 1.92. The van der Waals surface area contributed by atoms with E-state index in [9.17, 15) is 9.59 Å². The molecule has 1 aromatic carbocycles. The van der Waals surface area contributed by atoms with Crippen LogP contribution in [0.15, 0.2) is 24.3 Å². The maximum absolute atomic E-state index is 11.9. The second kappa shape index (κ2) is 5.87. The number of carbonyl (C=O) groups excluding carboxylic acids is 2. The number of nitrogens with zero attached hydrogens (tertiary/aromatic N) is 1. The molecule has 102 valence electrons. The highest BCUT2D eigenvalue weighted by molar-refractivity contribution is 5.98. The van der Waals surface area contributed by atoms with Crippen LogP contribution in [0.4, 0.5) is 0 Å². The molecule has 1 fully saturated rings. The molecular formula is C15H19NO3. The lowest BCUT2D eigenvalue weighted by atomic mass is 10.1. The average Bonchev–Trinajstić information content (AvgIpc) is 3.28. The molecule has 0 spiro atoms. The van der Waals surface area contributed by atoms with E-state index in [0.717, 1.165) is 12.8 Å². The van der Waals surface area contributed by atoms with Crippen molar-refractivity contribution in [3.05, 3.63) is 29.8 Å². The lowest BCUT2D eigenvalue weighted by Crippen LogP contribution is -2.33. The van der Waals surface area contributed by atoms with E-state index in [1.807, 2.05) is 6.92 Å². The molecule has 1 aliphatic rings. The predicted molar refractivity (Wildman–Crippen MR) is 72.4 cm³/mol. The van der Waals surface area contributed by atoms with Crippen LogP contribution in [0.3, 0.4) is 0 Å². The summed E-state index contributed by atoms with van der Waals surface area (Å²) in [6, 6.07) is 7.44. The third kappa shape index (κ3) is 3.34. The number of ether oxygens (including phenoxy) is 1. The summed E-state index contributed by atoms with van der Waals surface area (Å²) in [5.41, 5.74) is 0.548. The van der Waals surface area contributed by atoms with Gasteiger partial charge in [0, 0.05) is 19.5 Å². The molecule has 1 saturated carbocycles. The minimum absolute atomic E-state index is 0.0129. The standard InChI is InChI=1S/C15H19NO3/c1-3-13(17)12-6-4-5-7-14(12)19-10-15(18)16(2)11-8-9-11/h4-7,11H,3,8-10H2,1-2H3. The Morgan fingerprint density at radius 1 is 1.32 bits per heavy atom. The Morgan fingerprint density at radius 3 is 2.63 bits per heavy atom. The lowest BCUT2D eigenvalue weighted by molar-refractivity contribution is -0.132. The zero-order valence-corrected chi connectivity index (χ0v) is 11.4. The molecule has 0 aliphatic heterocycles. The Balaban J connectivity index is 1.98. The van der Waals surface area contributed by atoms with Crippen molar-refractivity contribution in [2.24, 2.45) is 0 Å². The van der Waals surface area contributed by atoms with Crippen LogP contribution in [0.2, 0.25) is 0 Å². The van der Waals surface area contributed by atoms with Gasteiger partial charge in [-0.15, -0.1) is 0 Å². The van der Waals surface area contributed by atoms with Crippen LogP contribution in [0.5, 0.6) is 5.75 Å². The minimum Gasteiger partial charge on any atom is -0.483 e. The van der Waals surface area contributed by atoms with Crippen molar-refractivity contribution in [2.45, 2.75) is 32.2 Å². The highest BCUT2D eigenvalue weighted by atomic mass is 16.5. The number of hydrogen-bond donors (Lipinski definition) is 0. The van der Waals surface area contributed by atoms with Gasteiger partial charge in [0.2, 0.25) is 0 Å². The number of rotatable bonds is 6. The molecule has 0 heterocycles. The number of Topliss-reactive ketones (excluding diaryl/α,β-unsaturated/α-hetero) is 1. The predicted octanol–water partition coefficient (Wildman–Crippen LogP) is 2.28. The van der Waals surface area contributed by atoms with Crippen molar-refractivity contribution in [3.8, 4) is 5.75 Å². The molecule has 0 atom stereocenters. The van der Waals surface area contributed by atoms with Crippen LogP contribution in [-0.4, -0.2) is 36.3 Å². The number of likely N-dealkylation sites (N-methyl/N-ethyl adjacent to an activating group) is 1. The number of ketones is 1. The number of carbonyl (C=O) groups is 2. The van der Waals surface area contributed by atoms with Crippen molar-refractivity contribution >= 4 is 11.7 Å². The monoisotopic (exact) mass is 261 g/mol. The zero-order valence-electron chi connectivity index (χ0n) is 11.4. The molecule has 2 rings (SSSR count). The molecule has 0 radical (unpaired) electrons. The van der Waals surface area contributed by atoms with Gasteiger partial charge in [0.25, 0.3) is 5.91 Å². The van der Waals surface area contributed by atoms with Crippen LogP contribution >= 0.6 is 0 Å². The SMILES string of the molecule is CCC(=O)c1ccccc1OCC(=O)N(C)C1CC1. The third-order valence-electron chi connectivity index (χ3n) is 3.35. The van der Waals surface area contributed by atoms with Gasteiger partial charge in [-0.1, -0.05) is 19.1 Å². The molecule has 0 bridgehead atoms. The van der Waals surface area contributed by atoms with E-state index in [1.165, 1.54) is 0 Å². The highest BCUT2D eigenvalue weighted by Crippen LogP contribution is 2.25. The molecule has 0 saturated heterocycles. The summed E-state index contributed by atoms with van der Waals surface area (Å²) >= 11 is 0. The largest absolute Gasteiger partial charge is 0.483 e. The summed E-state index contributed by atoms with van der Waals surface area (Å²) in [6.45, 7) is 1.80. The third-order valence-corrected chi connectivity index (χ3v) is 3.35. The van der Waals surface area contributed by atoms with E-state index in [-0.39, 0.29) is 18.3 Å². The number of benzene rings is 1. The fourth-order valence-electron chi connectivity index (χ4n) is 1.92. The Bertz CT molecular complexity index is 480. The first-order valence-corrected chi connectivity index (χ1v) is 6.64. The molecule has 0 unspecified atom stereocenters. The van der Waals surface area contributed by atoms with Crippen molar-refractivity contribution < 1.29 is 14.3 Å². The van der Waals surface area contributed by atoms with E-state index < -0.39 is 0 Å². The number of hydrogen-bond acceptors (Lipinski definition) is 3. The Hall–Kier alpha value is -1.84. The molecule has 1 aromatic rings. The summed E-state index contributed by atoms with van der Waals surface area (Å²) in [5.74, 6) is 0.478. The summed E-state index contributed by atoms with van der Waals surface area (Å²) in [5, 5.41) is 0. The van der Waals surface area contributed by atoms with Gasteiger partial charge < -0.3 is 9.64 Å². The first-order chi connectivity index (χ1) is 9.13. The topological polar surface area (TPSA) is 46.6 Å². The minimum atomic E-state index is -0.0405. The molecule has 1 aliphatic carbocycles. The molecule has 0 N–H and O–H groups in total. The molecule has 0 aromatic heterocycles. The zero-order chi connectivity index (χ0) is 13.8. The van der Waals surface area contributed by atoms with Gasteiger partial charge in [-0.3, -0.25) is 9.59 Å². The second-order valence-electron chi connectivity index (χ2n) is 4.80. The molecule has 4 nitrogen and oxygen atoms in total. The highest BCUT2D eigenvalue weighted by Gasteiger charge is 2.29. The maximum Gasteiger partial charge on any atom is 0.260 e. The van der Waals surface area contributed by atoms with Crippen LogP contribution in [0, 0.1) is 0 Å². The van der Waals surface area contributed by atoms with Gasteiger partial charge in [0.1, 0.15) is 5.75 Å². The summed E-state index contributed by atoms with van der Waals surface area (Å²) in [6.07, 6.45) is 2.58. The number of amides is 1. The van der Waals surface area contributed by atoms with Crippen LogP contribution in [0.1, 0.15) is 36.5 Å². The lowest BCUT2D eigenvalue weighted by Gasteiger charge is -2.17. The van der Waals surface area contributed by atoms with Crippen molar-refractivity contribution in [1.29, 1.82) is 0 Å². The Labute approximate surface area is 113 Å². The van der Waals surface area contributed by atoms with Gasteiger partial charge >= 0.3 is 0 Å². The summed E-state index contributed by atoms with van der Waals surface area (Å²) in [4.78, 5) is 25.3. The fraction of sp³-hybridized carbons (Fsp3) is 0.467. The molecule has 4 heteroatoms. The maximum atomic E-state index is 11.9. The van der Waals surface area contributed by atoms with Crippen molar-refractivity contribution in [2.75, 3.05) is 13.7 Å². The van der Waals surface area contributed by atoms with E-state index in [0.29, 0.717) is 23.8 Å². The van der Waals surface area contributed by atoms with Gasteiger partial charge in [-0.2, -0.15) is 0 Å². The van der Waals surface area contributed by atoms with Crippen molar-refractivity contribution in [1.82, 2.24) is 4.90 Å². The van der Waals surface area contributed by atoms with E-state index in [2.05, 4.69) is 0 Å². The normalized spacial score (nSPS) is 14.0. The molecule has 19 heavy (non-hydrogen) atoms. The summed E-state index contributed by atoms with van der Waals surface area (Å²) in [7, 11) is 1.80. The Morgan fingerprint density at radius 2 is 2.00 bits per heavy atom. The summed E-state index contributed by atoms with van der Waals surface area (Å²) < 4.78 is 5.51. The average molecular weight is 261 g/mol. The van der Waals surface area contributed by atoms with Gasteiger partial charge in [-0.05, 0) is 25.0 Å². The first-order valence-electron chi connectivity index (χ1n) is 6.64. The van der Waals surface area contributed by atoms with Crippen LogP contribution in [0.25, 0.3) is 0 Å². The smallest absolute Gasteiger partial charge is 0.260 e. The molecular weight excluding hydrogens is 242 g/mol. The van der Waals surface area contributed by atoms with Gasteiger partial charge in [-0.25, -0.2) is 0 Å². The second-order valence-corrected chi connectivity index (χ2v) is 4.80. The number of para-hydroxylation sites is 1. The van der Waals surface area contributed by atoms with E-state index in [1.54, 1.807) is 36.2 Å². The first kappa shape index (κ1) is 13.6. The molecule has 1 amide bonds.